The van der Waals surface area contributed by atoms with Gasteiger partial charge in [0.05, 0.1) is 0 Å². The summed E-state index contributed by atoms with van der Waals surface area (Å²) < 4.78 is 5.54. The van der Waals surface area contributed by atoms with Gasteiger partial charge in [0, 0.05) is 5.69 Å². The van der Waals surface area contributed by atoms with Crippen molar-refractivity contribution in [3.63, 3.8) is 0 Å². The zero-order chi connectivity index (χ0) is 17.4. The highest BCUT2D eigenvalue weighted by Crippen LogP contribution is 2.46. The molecule has 2 aliphatic rings. The second kappa shape index (κ2) is 6.09. The van der Waals surface area contributed by atoms with Gasteiger partial charge in [-0.05, 0) is 51.7 Å². The molecule has 1 spiro atoms. The lowest BCUT2D eigenvalue weighted by Gasteiger charge is -2.41. The first kappa shape index (κ1) is 16.8. The molecule has 6 nitrogen and oxygen atoms in total. The van der Waals surface area contributed by atoms with Crippen molar-refractivity contribution < 1.29 is 19.4 Å². The van der Waals surface area contributed by atoms with Gasteiger partial charge in [0.2, 0.25) is 5.91 Å². The number of nitrogens with one attached hydrogen (secondary N) is 1. The molecule has 3 rings (SSSR count). The molecule has 1 aromatic carbocycles. The predicted molar refractivity (Wildman–Crippen MR) is 89.4 cm³/mol. The summed E-state index contributed by atoms with van der Waals surface area (Å²) in [5, 5.41) is 13.7. The minimum Gasteiger partial charge on any atom is -0.438 e. The SMILES string of the molecule is Cc1ccc(NC(=O)CN2C(=O)OC3(CCCCC3)[C@@]2(C)O)cc1. The van der Waals surface area contributed by atoms with E-state index in [2.05, 4.69) is 5.32 Å². The molecule has 1 aliphatic carbocycles. The van der Waals surface area contributed by atoms with E-state index in [1.54, 1.807) is 19.1 Å². The Morgan fingerprint density at radius 1 is 1.25 bits per heavy atom. The second-order valence-corrected chi connectivity index (χ2v) is 6.94. The molecule has 0 unspecified atom stereocenters. The van der Waals surface area contributed by atoms with Gasteiger partial charge >= 0.3 is 6.09 Å². The molecule has 1 atom stereocenters. The predicted octanol–water partition coefficient (Wildman–Crippen LogP) is 2.80. The third kappa shape index (κ3) is 2.86. The van der Waals surface area contributed by atoms with Crippen LogP contribution in [0, 0.1) is 6.92 Å². The van der Waals surface area contributed by atoms with Crippen LogP contribution in [0.1, 0.15) is 44.6 Å². The van der Waals surface area contributed by atoms with Crippen LogP contribution in [0.15, 0.2) is 24.3 Å². The van der Waals surface area contributed by atoms with Crippen LogP contribution in [-0.2, 0) is 9.53 Å². The van der Waals surface area contributed by atoms with Crippen molar-refractivity contribution in [2.75, 3.05) is 11.9 Å². The Hall–Kier alpha value is -2.08. The normalized spacial score (nSPS) is 25.6. The molecular formula is C18H24N2O4. The first-order valence-corrected chi connectivity index (χ1v) is 8.44. The fraction of sp³-hybridized carbons (Fsp3) is 0.556. The second-order valence-electron chi connectivity index (χ2n) is 6.94. The van der Waals surface area contributed by atoms with Gasteiger partial charge in [0.1, 0.15) is 6.54 Å². The number of amides is 2. The number of nitrogens with zero attached hydrogens (tertiary/aromatic N) is 1. The van der Waals surface area contributed by atoms with Crippen LogP contribution in [0.3, 0.4) is 0 Å². The highest BCUT2D eigenvalue weighted by Gasteiger charge is 2.62. The lowest BCUT2D eigenvalue weighted by molar-refractivity contribution is -0.160. The van der Waals surface area contributed by atoms with Crippen LogP contribution in [-0.4, -0.2) is 39.9 Å². The number of ether oxygens (including phenoxy) is 1. The number of benzene rings is 1. The van der Waals surface area contributed by atoms with Gasteiger partial charge in [-0.1, -0.05) is 24.1 Å². The average molecular weight is 332 g/mol. The maximum absolute atomic E-state index is 12.3. The van der Waals surface area contributed by atoms with E-state index >= 15 is 0 Å². The van der Waals surface area contributed by atoms with Crippen LogP contribution in [0.25, 0.3) is 0 Å². The van der Waals surface area contributed by atoms with Crippen LogP contribution >= 0.6 is 0 Å². The zero-order valence-electron chi connectivity index (χ0n) is 14.2. The minimum absolute atomic E-state index is 0.235. The molecule has 0 radical (unpaired) electrons. The van der Waals surface area contributed by atoms with Crippen LogP contribution in [0.5, 0.6) is 0 Å². The maximum Gasteiger partial charge on any atom is 0.413 e. The average Bonchev–Trinajstić information content (AvgIpc) is 2.71. The van der Waals surface area contributed by atoms with Crippen molar-refractivity contribution in [2.45, 2.75) is 57.3 Å². The minimum atomic E-state index is -1.48. The van der Waals surface area contributed by atoms with Gasteiger partial charge in [-0.2, -0.15) is 0 Å². The fourth-order valence-corrected chi connectivity index (χ4v) is 3.64. The fourth-order valence-electron chi connectivity index (χ4n) is 3.64. The van der Waals surface area contributed by atoms with Gasteiger partial charge in [-0.25, -0.2) is 4.79 Å². The Morgan fingerprint density at radius 2 is 1.88 bits per heavy atom. The number of hydrogen-bond donors (Lipinski definition) is 2. The number of aryl methyl sites for hydroxylation is 1. The molecule has 2 N–H and O–H groups in total. The van der Waals surface area contributed by atoms with E-state index in [1.165, 1.54) is 0 Å². The summed E-state index contributed by atoms with van der Waals surface area (Å²) in [7, 11) is 0. The first-order chi connectivity index (χ1) is 11.3. The number of carbonyl (C=O) groups excluding carboxylic acids is 2. The summed E-state index contributed by atoms with van der Waals surface area (Å²) in [6.45, 7) is 3.30. The Morgan fingerprint density at radius 3 is 2.50 bits per heavy atom. The number of aliphatic hydroxyl groups is 1. The molecule has 1 saturated heterocycles. The topological polar surface area (TPSA) is 78.9 Å². The van der Waals surface area contributed by atoms with Crippen molar-refractivity contribution in [1.29, 1.82) is 0 Å². The van der Waals surface area contributed by atoms with Crippen molar-refractivity contribution in [3.05, 3.63) is 29.8 Å². The lowest BCUT2D eigenvalue weighted by atomic mass is 9.77. The zero-order valence-corrected chi connectivity index (χ0v) is 14.2. The van der Waals surface area contributed by atoms with Crippen LogP contribution < -0.4 is 5.32 Å². The third-order valence-electron chi connectivity index (χ3n) is 5.19. The number of hydrogen-bond acceptors (Lipinski definition) is 4. The van der Waals surface area contributed by atoms with Gasteiger partial charge in [-0.3, -0.25) is 9.69 Å². The van der Waals surface area contributed by atoms with E-state index in [0.29, 0.717) is 18.5 Å². The van der Waals surface area contributed by atoms with Gasteiger partial charge < -0.3 is 15.2 Å². The summed E-state index contributed by atoms with van der Waals surface area (Å²) in [6, 6.07) is 7.40. The monoisotopic (exact) mass is 332 g/mol. The Bertz CT molecular complexity index is 633. The quantitative estimate of drug-likeness (QED) is 0.892. The van der Waals surface area contributed by atoms with Crippen molar-refractivity contribution in [3.8, 4) is 0 Å². The van der Waals surface area contributed by atoms with Crippen molar-refractivity contribution >= 4 is 17.7 Å². The van der Waals surface area contributed by atoms with E-state index in [0.717, 1.165) is 29.7 Å². The number of carbonyl (C=O) groups is 2. The third-order valence-corrected chi connectivity index (χ3v) is 5.19. The largest absolute Gasteiger partial charge is 0.438 e. The standard InChI is InChI=1S/C18H24N2O4/c1-13-6-8-14(9-7-13)19-15(21)12-20-16(22)24-18(17(20,2)23)10-4-3-5-11-18/h6-9,23H,3-5,10-12H2,1-2H3,(H,19,21)/t17-/m1/s1. The Balaban J connectivity index is 1.70. The molecule has 130 valence electrons. The van der Waals surface area contributed by atoms with E-state index in [1.807, 2.05) is 19.1 Å². The van der Waals surface area contributed by atoms with E-state index in [-0.39, 0.29) is 12.5 Å². The molecule has 6 heteroatoms. The number of rotatable bonds is 3. The molecule has 24 heavy (non-hydrogen) atoms. The summed E-state index contributed by atoms with van der Waals surface area (Å²) in [5.41, 5.74) is -0.620. The van der Waals surface area contributed by atoms with Crippen molar-refractivity contribution in [2.24, 2.45) is 0 Å². The molecule has 0 aromatic heterocycles. The Kier molecular flexibility index (Phi) is 4.25. The molecule has 0 bridgehead atoms. The van der Waals surface area contributed by atoms with Gasteiger partial charge in [0.15, 0.2) is 11.3 Å². The molecule has 1 heterocycles. The highest BCUT2D eigenvalue weighted by molar-refractivity contribution is 5.94. The van der Waals surface area contributed by atoms with Gasteiger partial charge in [-0.15, -0.1) is 0 Å². The summed E-state index contributed by atoms with van der Waals surface area (Å²) in [5.74, 6) is -0.357. The van der Waals surface area contributed by atoms with E-state index in [4.69, 9.17) is 4.74 Å². The van der Waals surface area contributed by atoms with Crippen LogP contribution in [0.2, 0.25) is 0 Å². The molecular weight excluding hydrogens is 308 g/mol. The highest BCUT2D eigenvalue weighted by atomic mass is 16.6. The lowest BCUT2D eigenvalue weighted by Crippen LogP contribution is -2.58. The molecule has 1 aromatic rings. The van der Waals surface area contributed by atoms with Crippen LogP contribution in [0.4, 0.5) is 10.5 Å². The van der Waals surface area contributed by atoms with Gasteiger partial charge in [0.25, 0.3) is 0 Å². The first-order valence-electron chi connectivity index (χ1n) is 8.44. The summed E-state index contributed by atoms with van der Waals surface area (Å²) in [4.78, 5) is 25.7. The summed E-state index contributed by atoms with van der Waals surface area (Å²) in [6.07, 6.45) is 3.52. The number of anilines is 1. The van der Waals surface area contributed by atoms with E-state index in [9.17, 15) is 14.7 Å². The Labute approximate surface area is 141 Å². The molecule has 2 fully saturated rings. The van der Waals surface area contributed by atoms with Crippen molar-refractivity contribution in [1.82, 2.24) is 4.90 Å². The maximum atomic E-state index is 12.3. The smallest absolute Gasteiger partial charge is 0.413 e. The molecule has 2 amide bonds. The summed E-state index contributed by atoms with van der Waals surface area (Å²) >= 11 is 0. The van der Waals surface area contributed by atoms with E-state index < -0.39 is 17.4 Å². The molecule has 1 saturated carbocycles. The molecule has 1 aliphatic heterocycles.